The van der Waals surface area contributed by atoms with Crippen LogP contribution in [0.3, 0.4) is 0 Å². The zero-order chi connectivity index (χ0) is 13.1. The molecular weight excluding hydrogens is 260 g/mol. The molecule has 3 rings (SSSR count). The minimum atomic E-state index is 0.429. The summed E-state index contributed by atoms with van der Waals surface area (Å²) in [5.41, 5.74) is 1.54. The first-order valence-electron chi connectivity index (χ1n) is 5.47. The van der Waals surface area contributed by atoms with Gasteiger partial charge < -0.3 is 4.98 Å². The van der Waals surface area contributed by atoms with Crippen molar-refractivity contribution in [2.24, 2.45) is 0 Å². The summed E-state index contributed by atoms with van der Waals surface area (Å²) in [6, 6.07) is 1.76. The second kappa shape index (κ2) is 4.99. The van der Waals surface area contributed by atoms with Gasteiger partial charge in [-0.2, -0.15) is 0 Å². The SMILES string of the molecule is S=c1ncc(-c2ncc(-c3ncccn3)cn2)c[nH]1. The van der Waals surface area contributed by atoms with E-state index < -0.39 is 0 Å². The van der Waals surface area contributed by atoms with Gasteiger partial charge in [-0.1, -0.05) is 0 Å². The molecule has 3 aromatic rings. The van der Waals surface area contributed by atoms with E-state index in [0.717, 1.165) is 11.1 Å². The molecule has 0 atom stereocenters. The Labute approximate surface area is 113 Å². The first-order chi connectivity index (χ1) is 9.33. The molecule has 0 aromatic carbocycles. The van der Waals surface area contributed by atoms with E-state index in [0.29, 0.717) is 16.4 Å². The molecule has 0 bridgehead atoms. The van der Waals surface area contributed by atoms with E-state index in [4.69, 9.17) is 12.2 Å². The van der Waals surface area contributed by atoms with Crippen molar-refractivity contribution in [3.63, 3.8) is 0 Å². The molecule has 19 heavy (non-hydrogen) atoms. The number of aromatic nitrogens is 6. The second-order valence-electron chi connectivity index (χ2n) is 3.68. The number of hydrogen-bond acceptors (Lipinski definition) is 6. The van der Waals surface area contributed by atoms with E-state index in [-0.39, 0.29) is 0 Å². The van der Waals surface area contributed by atoms with Crippen molar-refractivity contribution in [1.82, 2.24) is 29.9 Å². The summed E-state index contributed by atoms with van der Waals surface area (Å²) in [5, 5.41) is 0. The van der Waals surface area contributed by atoms with Gasteiger partial charge >= 0.3 is 0 Å². The van der Waals surface area contributed by atoms with E-state index in [1.54, 1.807) is 43.2 Å². The minimum absolute atomic E-state index is 0.429. The molecule has 0 aliphatic heterocycles. The highest BCUT2D eigenvalue weighted by molar-refractivity contribution is 7.71. The van der Waals surface area contributed by atoms with E-state index in [9.17, 15) is 0 Å². The number of rotatable bonds is 2. The molecule has 1 N–H and O–H groups in total. The molecule has 0 fully saturated rings. The van der Waals surface area contributed by atoms with E-state index >= 15 is 0 Å². The lowest BCUT2D eigenvalue weighted by molar-refractivity contribution is 1.09. The van der Waals surface area contributed by atoms with Crippen LogP contribution < -0.4 is 0 Å². The van der Waals surface area contributed by atoms with Crippen LogP contribution in [0.25, 0.3) is 22.8 Å². The Bertz CT molecular complexity index is 718. The van der Waals surface area contributed by atoms with Crippen LogP contribution in [-0.2, 0) is 0 Å². The van der Waals surface area contributed by atoms with E-state index in [2.05, 4.69) is 29.9 Å². The average molecular weight is 268 g/mol. The van der Waals surface area contributed by atoms with Gasteiger partial charge in [0, 0.05) is 37.2 Å². The van der Waals surface area contributed by atoms with Gasteiger partial charge in [0.25, 0.3) is 0 Å². The normalized spacial score (nSPS) is 10.3. The highest BCUT2D eigenvalue weighted by Gasteiger charge is 2.04. The van der Waals surface area contributed by atoms with Crippen LogP contribution in [0.1, 0.15) is 0 Å². The monoisotopic (exact) mass is 268 g/mol. The number of aromatic amines is 1. The van der Waals surface area contributed by atoms with Crippen LogP contribution in [0, 0.1) is 4.77 Å². The van der Waals surface area contributed by atoms with Crippen LogP contribution in [0.4, 0.5) is 0 Å². The van der Waals surface area contributed by atoms with Crippen molar-refractivity contribution >= 4 is 12.2 Å². The van der Waals surface area contributed by atoms with Crippen molar-refractivity contribution in [3.8, 4) is 22.8 Å². The molecule has 0 aliphatic carbocycles. The zero-order valence-corrected chi connectivity index (χ0v) is 10.5. The first kappa shape index (κ1) is 11.5. The lowest BCUT2D eigenvalue weighted by atomic mass is 10.3. The van der Waals surface area contributed by atoms with Gasteiger partial charge in [-0.25, -0.2) is 24.9 Å². The van der Waals surface area contributed by atoms with Gasteiger partial charge in [-0.05, 0) is 18.3 Å². The molecule has 7 heteroatoms. The van der Waals surface area contributed by atoms with Crippen molar-refractivity contribution in [2.75, 3.05) is 0 Å². The number of nitrogens with one attached hydrogen (secondary N) is 1. The van der Waals surface area contributed by atoms with Crippen molar-refractivity contribution in [3.05, 3.63) is 48.0 Å². The smallest absolute Gasteiger partial charge is 0.196 e. The number of nitrogens with zero attached hydrogens (tertiary/aromatic N) is 5. The molecule has 0 radical (unpaired) electrons. The van der Waals surface area contributed by atoms with Crippen molar-refractivity contribution < 1.29 is 0 Å². The maximum Gasteiger partial charge on any atom is 0.196 e. The average Bonchev–Trinajstić information content (AvgIpc) is 2.49. The third-order valence-corrected chi connectivity index (χ3v) is 2.63. The summed E-state index contributed by atoms with van der Waals surface area (Å²) in [6.45, 7) is 0. The second-order valence-corrected chi connectivity index (χ2v) is 4.06. The summed E-state index contributed by atoms with van der Waals surface area (Å²) in [7, 11) is 0. The minimum Gasteiger partial charge on any atom is -0.337 e. The Hall–Kier alpha value is -2.54. The Kier molecular flexibility index (Phi) is 3.03. The third-order valence-electron chi connectivity index (χ3n) is 2.41. The van der Waals surface area contributed by atoms with Gasteiger partial charge in [0.05, 0.1) is 11.1 Å². The molecule has 0 amide bonds. The molecule has 6 nitrogen and oxygen atoms in total. The molecular formula is C12H8N6S. The Morgan fingerprint density at radius 1 is 0.789 bits per heavy atom. The molecule has 0 saturated carbocycles. The molecule has 0 aliphatic rings. The predicted octanol–water partition coefficient (Wildman–Crippen LogP) is 2.05. The van der Waals surface area contributed by atoms with Gasteiger partial charge in [0.15, 0.2) is 16.4 Å². The number of H-pyrrole nitrogens is 1. The molecule has 0 unspecified atom stereocenters. The third kappa shape index (κ3) is 2.50. The highest BCUT2D eigenvalue weighted by Crippen LogP contribution is 2.15. The Morgan fingerprint density at radius 2 is 1.42 bits per heavy atom. The highest BCUT2D eigenvalue weighted by atomic mass is 32.1. The summed E-state index contributed by atoms with van der Waals surface area (Å²) in [6.07, 6.45) is 10.1. The number of hydrogen-bond donors (Lipinski definition) is 1. The molecule has 92 valence electrons. The van der Waals surface area contributed by atoms with Crippen LogP contribution in [0.2, 0.25) is 0 Å². The van der Waals surface area contributed by atoms with Crippen LogP contribution in [0.5, 0.6) is 0 Å². The topological polar surface area (TPSA) is 80.2 Å². The van der Waals surface area contributed by atoms with E-state index in [1.165, 1.54) is 0 Å². The van der Waals surface area contributed by atoms with Gasteiger partial charge in [0.2, 0.25) is 0 Å². The predicted molar refractivity (Wildman–Crippen MR) is 71.5 cm³/mol. The van der Waals surface area contributed by atoms with Crippen molar-refractivity contribution in [1.29, 1.82) is 0 Å². The van der Waals surface area contributed by atoms with Crippen LogP contribution in [0.15, 0.2) is 43.2 Å². The largest absolute Gasteiger partial charge is 0.337 e. The maximum atomic E-state index is 4.88. The quantitative estimate of drug-likeness (QED) is 0.716. The van der Waals surface area contributed by atoms with Gasteiger partial charge in [0.1, 0.15) is 0 Å². The summed E-state index contributed by atoms with van der Waals surface area (Å²) < 4.78 is 0.429. The van der Waals surface area contributed by atoms with Crippen LogP contribution >= 0.6 is 12.2 Å². The molecule has 0 saturated heterocycles. The van der Waals surface area contributed by atoms with Crippen molar-refractivity contribution in [2.45, 2.75) is 0 Å². The summed E-state index contributed by atoms with van der Waals surface area (Å²) in [4.78, 5) is 23.7. The molecule has 3 aromatic heterocycles. The fraction of sp³-hybridized carbons (Fsp3) is 0. The van der Waals surface area contributed by atoms with Gasteiger partial charge in [-0.3, -0.25) is 0 Å². The molecule has 0 spiro atoms. The van der Waals surface area contributed by atoms with Crippen LogP contribution in [-0.4, -0.2) is 29.9 Å². The fourth-order valence-electron chi connectivity index (χ4n) is 1.51. The molecule has 3 heterocycles. The van der Waals surface area contributed by atoms with E-state index in [1.807, 2.05) is 0 Å². The standard InChI is InChI=1S/C12H8N6S/c19-12-17-6-9(7-18-12)11-15-4-8(5-16-11)10-13-2-1-3-14-10/h1-7H,(H,17,18,19). The lowest BCUT2D eigenvalue weighted by Crippen LogP contribution is -1.93. The lowest BCUT2D eigenvalue weighted by Gasteiger charge is -2.01. The fourth-order valence-corrected chi connectivity index (χ4v) is 1.62. The zero-order valence-electron chi connectivity index (χ0n) is 9.69. The summed E-state index contributed by atoms with van der Waals surface area (Å²) >= 11 is 4.88. The Morgan fingerprint density at radius 3 is 2.05 bits per heavy atom. The summed E-state index contributed by atoms with van der Waals surface area (Å²) in [5.74, 6) is 1.16. The Balaban J connectivity index is 1.95. The maximum absolute atomic E-state index is 4.88. The first-order valence-corrected chi connectivity index (χ1v) is 5.88. The van der Waals surface area contributed by atoms with Gasteiger partial charge in [-0.15, -0.1) is 0 Å².